The molecule has 1 aromatic heterocycles. The van der Waals surface area contributed by atoms with Gasteiger partial charge in [0, 0.05) is 28.3 Å². The summed E-state index contributed by atoms with van der Waals surface area (Å²) in [5.74, 6) is 0. The third-order valence-corrected chi connectivity index (χ3v) is 3.87. The maximum absolute atomic E-state index is 6.23. The van der Waals surface area contributed by atoms with E-state index in [0.29, 0.717) is 10.0 Å². The Morgan fingerprint density at radius 3 is 2.63 bits per heavy atom. The summed E-state index contributed by atoms with van der Waals surface area (Å²) in [4.78, 5) is 0. The molecule has 1 nitrogen and oxygen atoms in total. The third-order valence-electron chi connectivity index (χ3n) is 3.28. The number of halogens is 2. The van der Waals surface area contributed by atoms with Crippen LogP contribution in [-0.2, 0) is 6.54 Å². The van der Waals surface area contributed by atoms with Crippen LogP contribution >= 0.6 is 23.2 Å². The lowest BCUT2D eigenvalue weighted by molar-refractivity contribution is 0.837. The zero-order chi connectivity index (χ0) is 13.4. The van der Waals surface area contributed by atoms with E-state index in [2.05, 4.69) is 42.0 Å². The Morgan fingerprint density at radius 2 is 1.84 bits per heavy atom. The second-order valence-electron chi connectivity index (χ2n) is 4.74. The highest BCUT2D eigenvalue weighted by molar-refractivity contribution is 6.35. The number of hydrogen-bond donors (Lipinski definition) is 0. The molecule has 3 heteroatoms. The van der Waals surface area contributed by atoms with Crippen LogP contribution < -0.4 is 0 Å². The molecule has 0 radical (unpaired) electrons. The maximum atomic E-state index is 6.23. The summed E-state index contributed by atoms with van der Waals surface area (Å²) < 4.78 is 2.20. The van der Waals surface area contributed by atoms with Gasteiger partial charge in [0.05, 0.1) is 0 Å². The lowest BCUT2D eigenvalue weighted by atomic mass is 10.2. The van der Waals surface area contributed by atoms with Gasteiger partial charge in [0.1, 0.15) is 0 Å². The van der Waals surface area contributed by atoms with Gasteiger partial charge in [-0.2, -0.15) is 0 Å². The Morgan fingerprint density at radius 1 is 1.00 bits per heavy atom. The van der Waals surface area contributed by atoms with Crippen molar-refractivity contribution in [3.05, 3.63) is 69.8 Å². The van der Waals surface area contributed by atoms with Gasteiger partial charge in [-0.15, -0.1) is 0 Å². The van der Waals surface area contributed by atoms with E-state index in [9.17, 15) is 0 Å². The Balaban J connectivity index is 2.01. The molecule has 96 valence electrons. The number of nitrogens with zero attached hydrogens (tertiary/aromatic N) is 1. The molecular formula is C16H13Cl2N. The fourth-order valence-electron chi connectivity index (χ4n) is 2.29. The Bertz CT molecular complexity index is 744. The van der Waals surface area contributed by atoms with Crippen LogP contribution in [0.25, 0.3) is 10.9 Å². The number of benzene rings is 2. The molecule has 0 atom stereocenters. The minimum atomic E-state index is 0.668. The summed E-state index contributed by atoms with van der Waals surface area (Å²) in [6.07, 6.45) is 2.09. The molecule has 3 aromatic rings. The van der Waals surface area contributed by atoms with Crippen molar-refractivity contribution in [2.45, 2.75) is 13.5 Å². The van der Waals surface area contributed by atoms with Crippen LogP contribution in [0, 0.1) is 6.92 Å². The Hall–Kier alpha value is -1.44. The summed E-state index contributed by atoms with van der Waals surface area (Å²) >= 11 is 12.1. The highest BCUT2D eigenvalue weighted by atomic mass is 35.5. The highest BCUT2D eigenvalue weighted by Crippen LogP contribution is 2.24. The smallest absolute Gasteiger partial charge is 0.0490 e. The molecule has 0 aliphatic rings. The molecule has 19 heavy (non-hydrogen) atoms. The van der Waals surface area contributed by atoms with Gasteiger partial charge < -0.3 is 4.57 Å². The van der Waals surface area contributed by atoms with E-state index in [4.69, 9.17) is 23.2 Å². The Kier molecular flexibility index (Phi) is 3.26. The number of hydrogen-bond acceptors (Lipinski definition) is 0. The average molecular weight is 290 g/mol. The zero-order valence-electron chi connectivity index (χ0n) is 10.5. The van der Waals surface area contributed by atoms with E-state index >= 15 is 0 Å². The summed E-state index contributed by atoms with van der Waals surface area (Å²) in [6.45, 7) is 2.86. The minimum absolute atomic E-state index is 0.668. The minimum Gasteiger partial charge on any atom is -0.343 e. The molecule has 0 fully saturated rings. The molecule has 2 aromatic carbocycles. The summed E-state index contributed by atoms with van der Waals surface area (Å²) in [5, 5.41) is 2.63. The monoisotopic (exact) mass is 289 g/mol. The van der Waals surface area contributed by atoms with Gasteiger partial charge in [-0.25, -0.2) is 0 Å². The van der Waals surface area contributed by atoms with Crippen molar-refractivity contribution in [2.24, 2.45) is 0 Å². The molecule has 0 aliphatic heterocycles. The third kappa shape index (κ3) is 2.49. The van der Waals surface area contributed by atoms with Crippen molar-refractivity contribution in [2.75, 3.05) is 0 Å². The molecule has 0 bridgehead atoms. The largest absolute Gasteiger partial charge is 0.343 e. The fraction of sp³-hybridized carbons (Fsp3) is 0.125. The van der Waals surface area contributed by atoms with E-state index < -0.39 is 0 Å². The fourth-order valence-corrected chi connectivity index (χ4v) is 2.76. The molecule has 0 spiro atoms. The van der Waals surface area contributed by atoms with E-state index in [0.717, 1.165) is 12.1 Å². The van der Waals surface area contributed by atoms with Crippen LogP contribution in [0.4, 0.5) is 0 Å². The van der Waals surface area contributed by atoms with Crippen molar-refractivity contribution in [3.63, 3.8) is 0 Å². The predicted molar refractivity (Wildman–Crippen MR) is 82.2 cm³/mol. The first kappa shape index (κ1) is 12.6. The van der Waals surface area contributed by atoms with Crippen LogP contribution in [-0.4, -0.2) is 4.57 Å². The molecular weight excluding hydrogens is 277 g/mol. The van der Waals surface area contributed by atoms with Crippen molar-refractivity contribution >= 4 is 34.1 Å². The van der Waals surface area contributed by atoms with Gasteiger partial charge in [-0.1, -0.05) is 40.9 Å². The van der Waals surface area contributed by atoms with Crippen LogP contribution in [0.15, 0.2) is 48.7 Å². The molecule has 0 amide bonds. The van der Waals surface area contributed by atoms with Gasteiger partial charge in [0.25, 0.3) is 0 Å². The summed E-state index contributed by atoms with van der Waals surface area (Å²) in [6, 6.07) is 14.2. The molecule has 0 aliphatic carbocycles. The quantitative estimate of drug-likeness (QED) is 0.603. The van der Waals surface area contributed by atoms with E-state index in [-0.39, 0.29) is 0 Å². The average Bonchev–Trinajstić information content (AvgIpc) is 2.75. The predicted octanol–water partition coefficient (Wildman–Crippen LogP) is 5.30. The van der Waals surface area contributed by atoms with Crippen LogP contribution in [0.5, 0.6) is 0 Å². The van der Waals surface area contributed by atoms with E-state index in [1.54, 1.807) is 6.07 Å². The number of aryl methyl sites for hydroxylation is 1. The molecule has 1 heterocycles. The SMILES string of the molecule is Cc1ccc2c(ccn2Cc2ccc(Cl)cc2Cl)c1. The maximum Gasteiger partial charge on any atom is 0.0490 e. The second-order valence-corrected chi connectivity index (χ2v) is 5.59. The second kappa shape index (κ2) is 4.92. The summed E-state index contributed by atoms with van der Waals surface area (Å²) in [7, 11) is 0. The van der Waals surface area contributed by atoms with Crippen LogP contribution in [0.1, 0.15) is 11.1 Å². The van der Waals surface area contributed by atoms with Gasteiger partial charge in [-0.3, -0.25) is 0 Å². The summed E-state index contributed by atoms with van der Waals surface area (Å²) in [5.41, 5.74) is 3.57. The van der Waals surface area contributed by atoms with Gasteiger partial charge >= 0.3 is 0 Å². The Labute approximate surface area is 122 Å². The normalized spacial score (nSPS) is 11.1. The van der Waals surface area contributed by atoms with Crippen molar-refractivity contribution in [3.8, 4) is 0 Å². The van der Waals surface area contributed by atoms with Gasteiger partial charge in [0.15, 0.2) is 0 Å². The lowest BCUT2D eigenvalue weighted by Crippen LogP contribution is -1.98. The van der Waals surface area contributed by atoms with E-state index in [1.165, 1.54) is 16.5 Å². The van der Waals surface area contributed by atoms with E-state index in [1.807, 2.05) is 12.1 Å². The first-order valence-corrected chi connectivity index (χ1v) is 6.88. The topological polar surface area (TPSA) is 4.93 Å². The van der Waals surface area contributed by atoms with Crippen LogP contribution in [0.2, 0.25) is 10.0 Å². The number of aromatic nitrogens is 1. The van der Waals surface area contributed by atoms with Gasteiger partial charge in [0.2, 0.25) is 0 Å². The van der Waals surface area contributed by atoms with Gasteiger partial charge in [-0.05, 0) is 48.2 Å². The lowest BCUT2D eigenvalue weighted by Gasteiger charge is -2.08. The number of rotatable bonds is 2. The first-order chi connectivity index (χ1) is 9.13. The molecule has 0 N–H and O–H groups in total. The zero-order valence-corrected chi connectivity index (χ0v) is 12.0. The molecule has 0 unspecified atom stereocenters. The highest BCUT2D eigenvalue weighted by Gasteiger charge is 2.05. The van der Waals surface area contributed by atoms with Crippen LogP contribution in [0.3, 0.4) is 0 Å². The van der Waals surface area contributed by atoms with Crippen molar-refractivity contribution in [1.29, 1.82) is 0 Å². The number of fused-ring (bicyclic) bond motifs is 1. The van der Waals surface area contributed by atoms with Crippen molar-refractivity contribution < 1.29 is 0 Å². The molecule has 0 saturated heterocycles. The molecule has 3 rings (SSSR count). The van der Waals surface area contributed by atoms with Crippen molar-refractivity contribution in [1.82, 2.24) is 4.57 Å². The molecule has 0 saturated carbocycles. The first-order valence-electron chi connectivity index (χ1n) is 6.13. The standard InChI is InChI=1S/C16H13Cl2N/c1-11-2-5-16-12(8-11)6-7-19(16)10-13-3-4-14(17)9-15(13)18/h2-9H,10H2,1H3.